The van der Waals surface area contributed by atoms with Gasteiger partial charge in [0, 0.05) is 32.8 Å². The Labute approximate surface area is 116 Å². The summed E-state index contributed by atoms with van der Waals surface area (Å²) >= 11 is 0. The van der Waals surface area contributed by atoms with E-state index in [9.17, 15) is 0 Å². The molecule has 0 amide bonds. The van der Waals surface area contributed by atoms with Crippen molar-refractivity contribution in [2.45, 2.75) is 32.9 Å². The lowest BCUT2D eigenvalue weighted by molar-refractivity contribution is 0.140. The highest BCUT2D eigenvalue weighted by atomic mass is 16.5. The van der Waals surface area contributed by atoms with Crippen LogP contribution in [-0.4, -0.2) is 37.7 Å². The van der Waals surface area contributed by atoms with E-state index in [-0.39, 0.29) is 0 Å². The number of hydrogen-bond acceptors (Lipinski definition) is 3. The van der Waals surface area contributed by atoms with E-state index in [0.29, 0.717) is 0 Å². The standard InChI is InChI=1S/C16H26N2O/c1-2-8-17-13-15-4-6-16(7-5-15)14-18-9-3-11-19-12-10-18/h4-7,17H,2-3,8-14H2,1H3. The van der Waals surface area contributed by atoms with Crippen LogP contribution in [0.5, 0.6) is 0 Å². The molecule has 0 unspecified atom stereocenters. The molecule has 1 N–H and O–H groups in total. The predicted octanol–water partition coefficient (Wildman–Crippen LogP) is 2.41. The summed E-state index contributed by atoms with van der Waals surface area (Å²) in [5.41, 5.74) is 2.78. The lowest BCUT2D eigenvalue weighted by Crippen LogP contribution is -2.25. The van der Waals surface area contributed by atoms with Crippen molar-refractivity contribution in [3.05, 3.63) is 35.4 Å². The smallest absolute Gasteiger partial charge is 0.0593 e. The van der Waals surface area contributed by atoms with Crippen molar-refractivity contribution in [2.75, 3.05) is 32.8 Å². The van der Waals surface area contributed by atoms with E-state index < -0.39 is 0 Å². The first-order valence-corrected chi connectivity index (χ1v) is 7.47. The first-order valence-electron chi connectivity index (χ1n) is 7.47. The molecule has 0 saturated carbocycles. The molecule has 1 fully saturated rings. The second-order valence-electron chi connectivity index (χ2n) is 5.24. The fourth-order valence-electron chi connectivity index (χ4n) is 2.39. The zero-order chi connectivity index (χ0) is 13.3. The maximum atomic E-state index is 5.49. The van der Waals surface area contributed by atoms with Crippen molar-refractivity contribution in [3.8, 4) is 0 Å². The van der Waals surface area contributed by atoms with Gasteiger partial charge in [-0.25, -0.2) is 0 Å². The summed E-state index contributed by atoms with van der Waals surface area (Å²) in [7, 11) is 0. The van der Waals surface area contributed by atoms with Gasteiger partial charge in [-0.15, -0.1) is 0 Å². The molecule has 19 heavy (non-hydrogen) atoms. The molecule has 106 valence electrons. The molecular formula is C16H26N2O. The van der Waals surface area contributed by atoms with Gasteiger partial charge in [0.1, 0.15) is 0 Å². The van der Waals surface area contributed by atoms with Gasteiger partial charge in [-0.3, -0.25) is 4.90 Å². The van der Waals surface area contributed by atoms with Crippen molar-refractivity contribution in [1.82, 2.24) is 10.2 Å². The molecule has 0 atom stereocenters. The Morgan fingerprint density at radius 3 is 2.68 bits per heavy atom. The van der Waals surface area contributed by atoms with Crippen LogP contribution < -0.4 is 5.32 Å². The molecule has 0 spiro atoms. The van der Waals surface area contributed by atoms with E-state index in [1.165, 1.54) is 17.5 Å². The van der Waals surface area contributed by atoms with Crippen LogP contribution in [0.2, 0.25) is 0 Å². The van der Waals surface area contributed by atoms with Crippen LogP contribution in [0.3, 0.4) is 0 Å². The van der Waals surface area contributed by atoms with E-state index in [1.807, 2.05) is 0 Å². The normalized spacial score (nSPS) is 17.3. The predicted molar refractivity (Wildman–Crippen MR) is 79.2 cm³/mol. The average molecular weight is 262 g/mol. The van der Waals surface area contributed by atoms with Crippen LogP contribution in [0.1, 0.15) is 30.9 Å². The maximum absolute atomic E-state index is 5.49. The van der Waals surface area contributed by atoms with Crippen molar-refractivity contribution < 1.29 is 4.74 Å². The van der Waals surface area contributed by atoms with Gasteiger partial charge < -0.3 is 10.1 Å². The number of benzene rings is 1. The summed E-state index contributed by atoms with van der Waals surface area (Å²) in [6.07, 6.45) is 2.34. The Hall–Kier alpha value is -0.900. The number of rotatable bonds is 6. The highest BCUT2D eigenvalue weighted by Crippen LogP contribution is 2.09. The topological polar surface area (TPSA) is 24.5 Å². The monoisotopic (exact) mass is 262 g/mol. The van der Waals surface area contributed by atoms with Gasteiger partial charge in [0.2, 0.25) is 0 Å². The quantitative estimate of drug-likeness (QED) is 0.797. The van der Waals surface area contributed by atoms with Gasteiger partial charge in [0.15, 0.2) is 0 Å². The zero-order valence-corrected chi connectivity index (χ0v) is 12.0. The second-order valence-corrected chi connectivity index (χ2v) is 5.24. The van der Waals surface area contributed by atoms with E-state index in [4.69, 9.17) is 4.74 Å². The fourth-order valence-corrected chi connectivity index (χ4v) is 2.39. The van der Waals surface area contributed by atoms with Gasteiger partial charge in [-0.1, -0.05) is 31.2 Å². The number of hydrogen-bond donors (Lipinski definition) is 1. The summed E-state index contributed by atoms with van der Waals surface area (Å²) in [6, 6.07) is 9.00. The summed E-state index contributed by atoms with van der Waals surface area (Å²) < 4.78 is 5.49. The third-order valence-electron chi connectivity index (χ3n) is 3.50. The highest BCUT2D eigenvalue weighted by molar-refractivity contribution is 5.22. The molecule has 1 saturated heterocycles. The van der Waals surface area contributed by atoms with Crippen LogP contribution in [0, 0.1) is 0 Å². The zero-order valence-electron chi connectivity index (χ0n) is 12.0. The Morgan fingerprint density at radius 1 is 1.11 bits per heavy atom. The maximum Gasteiger partial charge on any atom is 0.0593 e. The molecule has 1 aliphatic heterocycles. The fraction of sp³-hybridized carbons (Fsp3) is 0.625. The molecule has 1 aromatic carbocycles. The van der Waals surface area contributed by atoms with Crippen molar-refractivity contribution in [1.29, 1.82) is 0 Å². The van der Waals surface area contributed by atoms with Crippen molar-refractivity contribution in [3.63, 3.8) is 0 Å². The number of nitrogens with one attached hydrogen (secondary N) is 1. The molecule has 0 aromatic heterocycles. The Kier molecular flexibility index (Phi) is 6.34. The Bertz CT molecular complexity index is 342. The molecule has 0 bridgehead atoms. The second kappa shape index (κ2) is 8.31. The van der Waals surface area contributed by atoms with E-state index in [0.717, 1.165) is 52.4 Å². The lowest BCUT2D eigenvalue weighted by Gasteiger charge is -2.19. The third kappa shape index (κ3) is 5.31. The van der Waals surface area contributed by atoms with Gasteiger partial charge in [-0.2, -0.15) is 0 Å². The molecular weight excluding hydrogens is 236 g/mol. The molecule has 1 heterocycles. The SMILES string of the molecule is CCCNCc1ccc(CN2CCCOCC2)cc1. The first-order chi connectivity index (χ1) is 9.38. The Morgan fingerprint density at radius 2 is 1.89 bits per heavy atom. The molecule has 0 radical (unpaired) electrons. The molecule has 3 heteroatoms. The summed E-state index contributed by atoms with van der Waals surface area (Å²) in [5, 5.41) is 3.43. The summed E-state index contributed by atoms with van der Waals surface area (Å²) in [5.74, 6) is 0. The van der Waals surface area contributed by atoms with Gasteiger partial charge in [0.05, 0.1) is 6.61 Å². The molecule has 0 aliphatic carbocycles. The number of nitrogens with zero attached hydrogens (tertiary/aromatic N) is 1. The van der Waals surface area contributed by atoms with Gasteiger partial charge in [0.25, 0.3) is 0 Å². The average Bonchev–Trinajstić information content (AvgIpc) is 2.70. The molecule has 1 aliphatic rings. The minimum atomic E-state index is 0.874. The van der Waals surface area contributed by atoms with Crippen molar-refractivity contribution >= 4 is 0 Å². The Balaban J connectivity index is 1.80. The minimum absolute atomic E-state index is 0.874. The molecule has 2 rings (SSSR count). The van der Waals surface area contributed by atoms with Crippen LogP contribution in [0.25, 0.3) is 0 Å². The van der Waals surface area contributed by atoms with E-state index in [1.54, 1.807) is 0 Å². The number of ether oxygens (including phenoxy) is 1. The van der Waals surface area contributed by atoms with Crippen LogP contribution in [0.4, 0.5) is 0 Å². The van der Waals surface area contributed by atoms with E-state index in [2.05, 4.69) is 41.4 Å². The highest BCUT2D eigenvalue weighted by Gasteiger charge is 2.09. The minimum Gasteiger partial charge on any atom is -0.380 e. The van der Waals surface area contributed by atoms with Gasteiger partial charge in [-0.05, 0) is 30.5 Å². The summed E-state index contributed by atoms with van der Waals surface area (Å²) in [6.45, 7) is 9.31. The van der Waals surface area contributed by atoms with Crippen LogP contribution in [-0.2, 0) is 17.8 Å². The third-order valence-corrected chi connectivity index (χ3v) is 3.50. The first kappa shape index (κ1) is 14.5. The largest absolute Gasteiger partial charge is 0.380 e. The van der Waals surface area contributed by atoms with Crippen LogP contribution >= 0.6 is 0 Å². The molecule has 1 aromatic rings. The van der Waals surface area contributed by atoms with Gasteiger partial charge >= 0.3 is 0 Å². The van der Waals surface area contributed by atoms with Crippen molar-refractivity contribution in [2.24, 2.45) is 0 Å². The lowest BCUT2D eigenvalue weighted by atomic mass is 10.1. The molecule has 3 nitrogen and oxygen atoms in total. The van der Waals surface area contributed by atoms with E-state index >= 15 is 0 Å². The van der Waals surface area contributed by atoms with Crippen LogP contribution in [0.15, 0.2) is 24.3 Å². The summed E-state index contributed by atoms with van der Waals surface area (Å²) in [4.78, 5) is 2.48.